The first-order chi connectivity index (χ1) is 12.0. The predicted octanol–water partition coefficient (Wildman–Crippen LogP) is 4.23. The lowest BCUT2D eigenvalue weighted by Gasteiger charge is -2.10. The minimum atomic E-state index is -0.569. The lowest BCUT2D eigenvalue weighted by Crippen LogP contribution is -2.21. The zero-order valence-electron chi connectivity index (χ0n) is 14.2. The van der Waals surface area contributed by atoms with Crippen molar-refractivity contribution < 1.29 is 19.1 Å². The first-order valence-electron chi connectivity index (χ1n) is 7.96. The average molecular weight is 362 g/mol. The molecule has 0 unspecified atom stereocenters. The van der Waals surface area contributed by atoms with Crippen LogP contribution in [0, 0.1) is 6.92 Å². The number of nitrogens with one attached hydrogen (secondary N) is 1. The maximum Gasteiger partial charge on any atom is 0.338 e. The maximum absolute atomic E-state index is 12.0. The van der Waals surface area contributed by atoms with Gasteiger partial charge in [0.1, 0.15) is 5.75 Å². The van der Waals surface area contributed by atoms with Gasteiger partial charge in [-0.3, -0.25) is 4.79 Å². The zero-order valence-corrected chi connectivity index (χ0v) is 14.9. The molecule has 5 nitrogen and oxygen atoms in total. The number of anilines is 1. The summed E-state index contributed by atoms with van der Waals surface area (Å²) in [5, 5.41) is 3.23. The number of benzene rings is 2. The van der Waals surface area contributed by atoms with Crippen molar-refractivity contribution in [2.24, 2.45) is 0 Å². The molecule has 0 aliphatic rings. The molecule has 0 heterocycles. The molecule has 2 aromatic rings. The molecule has 0 bridgehead atoms. The van der Waals surface area contributed by atoms with Crippen LogP contribution in [0.4, 0.5) is 5.69 Å². The highest BCUT2D eigenvalue weighted by atomic mass is 35.5. The first kappa shape index (κ1) is 18.8. The molecule has 0 aromatic heterocycles. The van der Waals surface area contributed by atoms with Crippen molar-refractivity contribution in [2.75, 3.05) is 18.5 Å². The van der Waals surface area contributed by atoms with Crippen LogP contribution in [0.3, 0.4) is 0 Å². The summed E-state index contributed by atoms with van der Waals surface area (Å²) in [6.07, 6.45) is 0.908. The highest BCUT2D eigenvalue weighted by Crippen LogP contribution is 2.22. The van der Waals surface area contributed by atoms with Crippen molar-refractivity contribution in [2.45, 2.75) is 20.3 Å². The molecule has 0 saturated carbocycles. The van der Waals surface area contributed by atoms with E-state index in [4.69, 9.17) is 21.1 Å². The molecule has 2 rings (SSSR count). The van der Waals surface area contributed by atoms with E-state index in [-0.39, 0.29) is 6.61 Å². The van der Waals surface area contributed by atoms with E-state index in [1.165, 1.54) is 0 Å². The Kier molecular flexibility index (Phi) is 6.83. The molecule has 0 aliphatic carbocycles. The van der Waals surface area contributed by atoms with E-state index in [0.29, 0.717) is 28.6 Å². The molecule has 1 amide bonds. The molecule has 0 fully saturated rings. The molecule has 6 heteroatoms. The van der Waals surface area contributed by atoms with Crippen LogP contribution in [0.25, 0.3) is 0 Å². The van der Waals surface area contributed by atoms with Crippen molar-refractivity contribution in [3.63, 3.8) is 0 Å². The van der Waals surface area contributed by atoms with Crippen LogP contribution in [-0.2, 0) is 9.53 Å². The predicted molar refractivity (Wildman–Crippen MR) is 97.3 cm³/mol. The number of hydrogen-bond acceptors (Lipinski definition) is 4. The first-order valence-corrected chi connectivity index (χ1v) is 8.34. The number of carbonyl (C=O) groups is 2. The Morgan fingerprint density at radius 3 is 2.52 bits per heavy atom. The lowest BCUT2D eigenvalue weighted by atomic mass is 10.2. The van der Waals surface area contributed by atoms with E-state index in [1.54, 1.807) is 49.4 Å². The summed E-state index contributed by atoms with van der Waals surface area (Å²) in [6, 6.07) is 11.8. The standard InChI is InChI=1S/C19H20ClNO4/c1-3-11-24-15-9-7-14(8-10-15)19(23)25-12-18(22)21-17-6-4-5-16(20)13(17)2/h4-10H,3,11-12H2,1-2H3,(H,21,22). The Labute approximate surface area is 151 Å². The summed E-state index contributed by atoms with van der Waals surface area (Å²) in [5.41, 5.74) is 1.70. The van der Waals surface area contributed by atoms with Crippen molar-refractivity contribution in [1.82, 2.24) is 0 Å². The topological polar surface area (TPSA) is 64.6 Å². The summed E-state index contributed by atoms with van der Waals surface area (Å²) >= 11 is 6.00. The molecule has 0 aliphatic heterocycles. The van der Waals surface area contributed by atoms with Crippen molar-refractivity contribution in [3.8, 4) is 5.75 Å². The van der Waals surface area contributed by atoms with Gasteiger partial charge >= 0.3 is 5.97 Å². The number of amides is 1. The minimum absolute atomic E-state index is 0.357. The largest absolute Gasteiger partial charge is 0.494 e. The molecule has 132 valence electrons. The third-order valence-electron chi connectivity index (χ3n) is 3.44. The zero-order chi connectivity index (χ0) is 18.2. The quantitative estimate of drug-likeness (QED) is 0.749. The smallest absolute Gasteiger partial charge is 0.338 e. The highest BCUT2D eigenvalue weighted by Gasteiger charge is 2.12. The van der Waals surface area contributed by atoms with Crippen LogP contribution in [0.2, 0.25) is 5.02 Å². The van der Waals surface area contributed by atoms with Gasteiger partial charge in [0, 0.05) is 10.7 Å². The lowest BCUT2D eigenvalue weighted by molar-refractivity contribution is -0.119. The Morgan fingerprint density at radius 2 is 1.84 bits per heavy atom. The average Bonchev–Trinajstić information content (AvgIpc) is 2.62. The molecular formula is C19H20ClNO4. The van der Waals surface area contributed by atoms with Gasteiger partial charge in [0.2, 0.25) is 0 Å². The van der Waals surface area contributed by atoms with E-state index in [2.05, 4.69) is 5.32 Å². The van der Waals surface area contributed by atoms with Crippen LogP contribution < -0.4 is 10.1 Å². The minimum Gasteiger partial charge on any atom is -0.494 e. The fraction of sp³-hybridized carbons (Fsp3) is 0.263. The Bertz CT molecular complexity index is 744. The fourth-order valence-electron chi connectivity index (χ4n) is 2.05. The van der Waals surface area contributed by atoms with E-state index in [0.717, 1.165) is 12.0 Å². The van der Waals surface area contributed by atoms with Gasteiger partial charge < -0.3 is 14.8 Å². The van der Waals surface area contributed by atoms with Gasteiger partial charge in [-0.2, -0.15) is 0 Å². The normalized spacial score (nSPS) is 10.2. The second-order valence-electron chi connectivity index (χ2n) is 5.41. The van der Waals surface area contributed by atoms with Crippen molar-refractivity contribution in [1.29, 1.82) is 0 Å². The monoisotopic (exact) mass is 361 g/mol. The fourth-order valence-corrected chi connectivity index (χ4v) is 2.23. The number of carbonyl (C=O) groups excluding carboxylic acids is 2. The second-order valence-corrected chi connectivity index (χ2v) is 5.82. The molecule has 0 saturated heterocycles. The molecule has 2 aromatic carbocycles. The van der Waals surface area contributed by atoms with Gasteiger partial charge in [-0.25, -0.2) is 4.79 Å². The molecule has 0 radical (unpaired) electrons. The van der Waals surface area contributed by atoms with Gasteiger partial charge in [0.15, 0.2) is 6.61 Å². The SMILES string of the molecule is CCCOc1ccc(C(=O)OCC(=O)Nc2cccc(Cl)c2C)cc1. The highest BCUT2D eigenvalue weighted by molar-refractivity contribution is 6.31. The number of halogens is 1. The summed E-state index contributed by atoms with van der Waals surface area (Å²) in [5.74, 6) is -0.311. The molecule has 25 heavy (non-hydrogen) atoms. The third kappa shape index (κ3) is 5.50. The second kappa shape index (κ2) is 9.08. The molecule has 0 atom stereocenters. The van der Waals surface area contributed by atoms with E-state index in [1.807, 2.05) is 6.92 Å². The number of esters is 1. The molecule has 1 N–H and O–H groups in total. The van der Waals surface area contributed by atoms with E-state index in [9.17, 15) is 9.59 Å². The maximum atomic E-state index is 12.0. The van der Waals surface area contributed by atoms with Crippen LogP contribution in [-0.4, -0.2) is 25.1 Å². The van der Waals surface area contributed by atoms with Crippen LogP contribution in [0.1, 0.15) is 29.3 Å². The third-order valence-corrected chi connectivity index (χ3v) is 3.85. The summed E-state index contributed by atoms with van der Waals surface area (Å²) in [4.78, 5) is 23.9. The van der Waals surface area contributed by atoms with Gasteiger partial charge in [0.25, 0.3) is 5.91 Å². The summed E-state index contributed by atoms with van der Waals surface area (Å²) in [6.45, 7) is 4.06. The summed E-state index contributed by atoms with van der Waals surface area (Å²) in [7, 11) is 0. The Morgan fingerprint density at radius 1 is 1.12 bits per heavy atom. The number of ether oxygens (including phenoxy) is 2. The van der Waals surface area contributed by atoms with Gasteiger partial charge in [-0.05, 0) is 55.3 Å². The van der Waals surface area contributed by atoms with Gasteiger partial charge in [0.05, 0.1) is 12.2 Å². The van der Waals surface area contributed by atoms with E-state index < -0.39 is 11.9 Å². The Hall–Kier alpha value is -2.53. The van der Waals surface area contributed by atoms with Gasteiger partial charge in [-0.15, -0.1) is 0 Å². The molecular weight excluding hydrogens is 342 g/mol. The number of rotatable bonds is 7. The van der Waals surface area contributed by atoms with Gasteiger partial charge in [-0.1, -0.05) is 24.6 Å². The van der Waals surface area contributed by atoms with Crippen LogP contribution in [0.15, 0.2) is 42.5 Å². The van der Waals surface area contributed by atoms with Crippen molar-refractivity contribution in [3.05, 3.63) is 58.6 Å². The summed E-state index contributed by atoms with van der Waals surface area (Å²) < 4.78 is 10.5. The van der Waals surface area contributed by atoms with Crippen molar-refractivity contribution >= 4 is 29.2 Å². The van der Waals surface area contributed by atoms with E-state index >= 15 is 0 Å². The van der Waals surface area contributed by atoms with Crippen LogP contribution >= 0.6 is 11.6 Å². The number of hydrogen-bond donors (Lipinski definition) is 1. The Balaban J connectivity index is 1.86. The van der Waals surface area contributed by atoms with Crippen LogP contribution in [0.5, 0.6) is 5.75 Å². The molecule has 0 spiro atoms.